The average molecular weight is 172 g/mol. The van der Waals surface area contributed by atoms with Crippen molar-refractivity contribution in [3.05, 3.63) is 0 Å². The fourth-order valence-corrected chi connectivity index (χ4v) is 1.10. The van der Waals surface area contributed by atoms with Crippen LogP contribution in [0.4, 0.5) is 0 Å². The maximum absolute atomic E-state index is 11.1. The summed E-state index contributed by atoms with van der Waals surface area (Å²) in [6, 6.07) is 0. The van der Waals surface area contributed by atoms with Gasteiger partial charge in [0.1, 0.15) is 0 Å². The molecule has 72 valence electrons. The monoisotopic (exact) mass is 172 g/mol. The normalized spacial score (nSPS) is 12.6. The summed E-state index contributed by atoms with van der Waals surface area (Å²) in [5, 5.41) is 0. The molecule has 0 saturated carbocycles. The largest absolute Gasteiger partial charge is 0.466 e. The SMILES string of the molecule is CCCCCC(C)C(=O)OCC. The van der Waals surface area contributed by atoms with Gasteiger partial charge in [-0.3, -0.25) is 4.79 Å². The first-order chi connectivity index (χ1) is 5.72. The Morgan fingerprint density at radius 1 is 1.33 bits per heavy atom. The third kappa shape index (κ3) is 5.16. The summed E-state index contributed by atoms with van der Waals surface area (Å²) in [5.41, 5.74) is 0. The molecule has 0 radical (unpaired) electrons. The van der Waals surface area contributed by atoms with Crippen molar-refractivity contribution in [1.82, 2.24) is 0 Å². The standard InChI is InChI=1S/C10H20O2/c1-4-6-7-8-9(3)10(11)12-5-2/h9H,4-8H2,1-3H3. The van der Waals surface area contributed by atoms with Crippen molar-refractivity contribution in [2.24, 2.45) is 5.92 Å². The highest BCUT2D eigenvalue weighted by atomic mass is 16.5. The van der Waals surface area contributed by atoms with Crippen molar-refractivity contribution in [3.8, 4) is 0 Å². The number of esters is 1. The van der Waals surface area contributed by atoms with E-state index in [1.54, 1.807) is 0 Å². The van der Waals surface area contributed by atoms with Crippen LogP contribution in [0.15, 0.2) is 0 Å². The van der Waals surface area contributed by atoms with Crippen molar-refractivity contribution in [2.45, 2.75) is 46.5 Å². The van der Waals surface area contributed by atoms with Crippen LogP contribution in [0.3, 0.4) is 0 Å². The molecule has 1 unspecified atom stereocenters. The Balaban J connectivity index is 3.42. The maximum atomic E-state index is 11.1. The van der Waals surface area contributed by atoms with E-state index in [0.717, 1.165) is 12.8 Å². The van der Waals surface area contributed by atoms with E-state index in [4.69, 9.17) is 4.74 Å². The fraction of sp³-hybridized carbons (Fsp3) is 0.900. The second kappa shape index (κ2) is 7.14. The van der Waals surface area contributed by atoms with Crippen LogP contribution in [-0.4, -0.2) is 12.6 Å². The Bertz CT molecular complexity index is 121. The molecular weight excluding hydrogens is 152 g/mol. The van der Waals surface area contributed by atoms with E-state index in [2.05, 4.69) is 6.92 Å². The molecule has 0 amide bonds. The molecule has 0 fully saturated rings. The van der Waals surface area contributed by atoms with Gasteiger partial charge in [0, 0.05) is 0 Å². The van der Waals surface area contributed by atoms with Gasteiger partial charge in [-0.2, -0.15) is 0 Å². The lowest BCUT2D eigenvalue weighted by molar-refractivity contribution is -0.147. The van der Waals surface area contributed by atoms with Crippen molar-refractivity contribution in [3.63, 3.8) is 0 Å². The molecule has 0 spiro atoms. The summed E-state index contributed by atoms with van der Waals surface area (Å²) in [6.45, 7) is 6.44. The number of carbonyl (C=O) groups excluding carboxylic acids is 1. The van der Waals surface area contributed by atoms with Gasteiger partial charge in [-0.05, 0) is 13.3 Å². The molecule has 2 heteroatoms. The van der Waals surface area contributed by atoms with Crippen LogP contribution in [-0.2, 0) is 9.53 Å². The molecule has 0 aliphatic heterocycles. The predicted octanol–water partition coefficient (Wildman–Crippen LogP) is 2.77. The second-order valence-electron chi connectivity index (χ2n) is 3.15. The predicted molar refractivity (Wildman–Crippen MR) is 49.9 cm³/mol. The molecule has 0 aromatic rings. The van der Waals surface area contributed by atoms with Gasteiger partial charge in [0.05, 0.1) is 12.5 Å². The Morgan fingerprint density at radius 2 is 2.00 bits per heavy atom. The molecule has 0 aromatic heterocycles. The van der Waals surface area contributed by atoms with Crippen molar-refractivity contribution >= 4 is 5.97 Å². The highest BCUT2D eigenvalue weighted by molar-refractivity contribution is 5.71. The van der Waals surface area contributed by atoms with E-state index in [1.807, 2.05) is 13.8 Å². The van der Waals surface area contributed by atoms with E-state index >= 15 is 0 Å². The van der Waals surface area contributed by atoms with Crippen LogP contribution in [0, 0.1) is 5.92 Å². The van der Waals surface area contributed by atoms with Gasteiger partial charge < -0.3 is 4.74 Å². The van der Waals surface area contributed by atoms with Gasteiger partial charge in [-0.15, -0.1) is 0 Å². The first kappa shape index (κ1) is 11.5. The Hall–Kier alpha value is -0.530. The number of carbonyl (C=O) groups is 1. The summed E-state index contributed by atoms with van der Waals surface area (Å²) in [4.78, 5) is 11.1. The molecule has 0 heterocycles. The van der Waals surface area contributed by atoms with E-state index in [-0.39, 0.29) is 11.9 Å². The zero-order valence-electron chi connectivity index (χ0n) is 8.43. The van der Waals surface area contributed by atoms with Crippen molar-refractivity contribution in [2.75, 3.05) is 6.61 Å². The molecule has 0 N–H and O–H groups in total. The van der Waals surface area contributed by atoms with E-state index < -0.39 is 0 Å². The number of ether oxygens (including phenoxy) is 1. The fourth-order valence-electron chi connectivity index (χ4n) is 1.10. The molecule has 0 rings (SSSR count). The first-order valence-electron chi connectivity index (χ1n) is 4.89. The highest BCUT2D eigenvalue weighted by Gasteiger charge is 2.12. The van der Waals surface area contributed by atoms with Crippen LogP contribution >= 0.6 is 0 Å². The first-order valence-corrected chi connectivity index (χ1v) is 4.89. The summed E-state index contributed by atoms with van der Waals surface area (Å²) in [7, 11) is 0. The van der Waals surface area contributed by atoms with Gasteiger partial charge >= 0.3 is 5.97 Å². The third-order valence-corrected chi connectivity index (χ3v) is 1.93. The van der Waals surface area contributed by atoms with Gasteiger partial charge in [-0.1, -0.05) is 33.1 Å². The van der Waals surface area contributed by atoms with E-state index in [1.165, 1.54) is 12.8 Å². The van der Waals surface area contributed by atoms with E-state index in [9.17, 15) is 4.79 Å². The molecule has 0 aliphatic rings. The minimum absolute atomic E-state index is 0.0476. The lowest BCUT2D eigenvalue weighted by Crippen LogP contribution is -2.14. The van der Waals surface area contributed by atoms with Crippen molar-refractivity contribution < 1.29 is 9.53 Å². The van der Waals surface area contributed by atoms with Gasteiger partial charge in [0.25, 0.3) is 0 Å². The van der Waals surface area contributed by atoms with Crippen LogP contribution in [0.5, 0.6) is 0 Å². The number of rotatable bonds is 6. The molecule has 0 aromatic carbocycles. The lowest BCUT2D eigenvalue weighted by atomic mass is 10.0. The molecule has 0 saturated heterocycles. The molecule has 1 atom stereocenters. The number of unbranched alkanes of at least 4 members (excludes halogenated alkanes) is 2. The lowest BCUT2D eigenvalue weighted by Gasteiger charge is -2.09. The Kier molecular flexibility index (Phi) is 6.82. The molecule has 12 heavy (non-hydrogen) atoms. The van der Waals surface area contributed by atoms with Gasteiger partial charge in [0.15, 0.2) is 0 Å². The second-order valence-corrected chi connectivity index (χ2v) is 3.15. The van der Waals surface area contributed by atoms with Crippen LogP contribution < -0.4 is 0 Å². The van der Waals surface area contributed by atoms with Gasteiger partial charge in [0.2, 0.25) is 0 Å². The Morgan fingerprint density at radius 3 is 2.50 bits per heavy atom. The highest BCUT2D eigenvalue weighted by Crippen LogP contribution is 2.10. The van der Waals surface area contributed by atoms with Crippen LogP contribution in [0.1, 0.15) is 46.5 Å². The van der Waals surface area contributed by atoms with Crippen LogP contribution in [0.25, 0.3) is 0 Å². The van der Waals surface area contributed by atoms with E-state index in [0.29, 0.717) is 6.61 Å². The minimum atomic E-state index is -0.0476. The summed E-state index contributed by atoms with van der Waals surface area (Å²) in [5.74, 6) is 0.0325. The van der Waals surface area contributed by atoms with Gasteiger partial charge in [-0.25, -0.2) is 0 Å². The quantitative estimate of drug-likeness (QED) is 0.455. The smallest absolute Gasteiger partial charge is 0.308 e. The zero-order chi connectivity index (χ0) is 9.40. The summed E-state index contributed by atoms with van der Waals surface area (Å²) >= 11 is 0. The number of hydrogen-bond donors (Lipinski definition) is 0. The summed E-state index contributed by atoms with van der Waals surface area (Å²) in [6.07, 6.45) is 4.52. The molecule has 0 bridgehead atoms. The van der Waals surface area contributed by atoms with Crippen LogP contribution in [0.2, 0.25) is 0 Å². The third-order valence-electron chi connectivity index (χ3n) is 1.93. The van der Waals surface area contributed by atoms with Crippen molar-refractivity contribution in [1.29, 1.82) is 0 Å². The topological polar surface area (TPSA) is 26.3 Å². The maximum Gasteiger partial charge on any atom is 0.308 e. The molecular formula is C10H20O2. The zero-order valence-corrected chi connectivity index (χ0v) is 8.43. The molecule has 2 nitrogen and oxygen atoms in total. The minimum Gasteiger partial charge on any atom is -0.466 e. The number of hydrogen-bond acceptors (Lipinski definition) is 2. The average Bonchev–Trinajstić information content (AvgIpc) is 2.05. The summed E-state index contributed by atoms with van der Waals surface area (Å²) < 4.78 is 4.90. The Labute approximate surface area is 75.3 Å². The molecule has 0 aliphatic carbocycles.